The zero-order chi connectivity index (χ0) is 11.5. The highest BCUT2D eigenvalue weighted by atomic mass is 79.9. The molecule has 0 aromatic heterocycles. The second-order valence-electron chi connectivity index (χ2n) is 3.87. The van der Waals surface area contributed by atoms with Gasteiger partial charge in [0.05, 0.1) is 11.9 Å². The highest BCUT2D eigenvalue weighted by molar-refractivity contribution is 9.09. The first-order chi connectivity index (χ1) is 7.72. The Labute approximate surface area is 104 Å². The number of hydrogen-bond donors (Lipinski definition) is 0. The summed E-state index contributed by atoms with van der Waals surface area (Å²) < 4.78 is 4.70. The minimum atomic E-state index is -0.132. The molecule has 1 aliphatic heterocycles. The minimum Gasteiger partial charge on any atom is -0.468 e. The van der Waals surface area contributed by atoms with Gasteiger partial charge in [-0.05, 0) is 5.56 Å². The van der Waals surface area contributed by atoms with Gasteiger partial charge in [-0.2, -0.15) is 0 Å². The molecule has 0 radical (unpaired) electrons. The van der Waals surface area contributed by atoms with Crippen molar-refractivity contribution >= 4 is 21.9 Å². The van der Waals surface area contributed by atoms with Gasteiger partial charge in [0.15, 0.2) is 0 Å². The standard InChI is InChI=1S/C12H14BrNO2/c1-16-12(15)11-8-14(11)7-10(13)9-5-3-2-4-6-9/h2-6,10-11H,7-8H2,1H3. The average Bonchev–Trinajstić information content (AvgIpc) is 3.08. The van der Waals surface area contributed by atoms with Crippen LogP contribution in [0.5, 0.6) is 0 Å². The van der Waals surface area contributed by atoms with Crippen molar-refractivity contribution in [2.75, 3.05) is 20.2 Å². The maximum Gasteiger partial charge on any atom is 0.324 e. The van der Waals surface area contributed by atoms with E-state index in [2.05, 4.69) is 33.0 Å². The third kappa shape index (κ3) is 2.62. The molecule has 86 valence electrons. The lowest BCUT2D eigenvalue weighted by Gasteiger charge is -2.10. The van der Waals surface area contributed by atoms with Crippen LogP contribution >= 0.6 is 15.9 Å². The predicted octanol–water partition coefficient (Wildman–Crippen LogP) is 1.98. The van der Waals surface area contributed by atoms with Crippen molar-refractivity contribution < 1.29 is 9.53 Å². The summed E-state index contributed by atoms with van der Waals surface area (Å²) in [6, 6.07) is 10.2. The number of alkyl halides is 1. The highest BCUT2D eigenvalue weighted by Crippen LogP contribution is 2.29. The van der Waals surface area contributed by atoms with Crippen molar-refractivity contribution in [1.29, 1.82) is 0 Å². The van der Waals surface area contributed by atoms with Crippen LogP contribution in [0, 0.1) is 0 Å². The highest BCUT2D eigenvalue weighted by Gasteiger charge is 2.41. The van der Waals surface area contributed by atoms with Gasteiger partial charge >= 0.3 is 5.97 Å². The average molecular weight is 284 g/mol. The molecule has 1 heterocycles. The van der Waals surface area contributed by atoms with Gasteiger partial charge < -0.3 is 4.74 Å². The van der Waals surface area contributed by atoms with Gasteiger partial charge in [-0.1, -0.05) is 46.3 Å². The number of halogens is 1. The van der Waals surface area contributed by atoms with Crippen LogP contribution < -0.4 is 0 Å². The number of esters is 1. The molecule has 1 aromatic rings. The molecular formula is C12H14BrNO2. The fourth-order valence-corrected chi connectivity index (χ4v) is 2.39. The van der Waals surface area contributed by atoms with E-state index in [0.717, 1.165) is 13.1 Å². The summed E-state index contributed by atoms with van der Waals surface area (Å²) in [5.74, 6) is -0.132. The van der Waals surface area contributed by atoms with Crippen LogP contribution in [0.3, 0.4) is 0 Å². The Morgan fingerprint density at radius 3 is 2.88 bits per heavy atom. The molecule has 0 bridgehead atoms. The van der Waals surface area contributed by atoms with Gasteiger partial charge in [-0.3, -0.25) is 9.69 Å². The Morgan fingerprint density at radius 1 is 1.56 bits per heavy atom. The van der Waals surface area contributed by atoms with E-state index in [1.54, 1.807) is 0 Å². The smallest absolute Gasteiger partial charge is 0.324 e. The molecular weight excluding hydrogens is 270 g/mol. The van der Waals surface area contributed by atoms with Crippen molar-refractivity contribution in [1.82, 2.24) is 4.90 Å². The zero-order valence-corrected chi connectivity index (χ0v) is 10.7. The number of methoxy groups -OCH3 is 1. The number of benzene rings is 1. The number of hydrogen-bond acceptors (Lipinski definition) is 3. The lowest BCUT2D eigenvalue weighted by molar-refractivity contribution is -0.140. The van der Waals surface area contributed by atoms with E-state index >= 15 is 0 Å². The molecule has 1 aliphatic rings. The Morgan fingerprint density at radius 2 is 2.25 bits per heavy atom. The van der Waals surface area contributed by atoms with Crippen LogP contribution in [-0.2, 0) is 9.53 Å². The summed E-state index contributed by atoms with van der Waals surface area (Å²) in [6.45, 7) is 1.64. The van der Waals surface area contributed by atoms with Crippen LogP contribution in [0.25, 0.3) is 0 Å². The summed E-state index contributed by atoms with van der Waals surface area (Å²) in [5.41, 5.74) is 1.23. The molecule has 1 fully saturated rings. The first-order valence-electron chi connectivity index (χ1n) is 5.23. The van der Waals surface area contributed by atoms with Crippen molar-refractivity contribution in [2.45, 2.75) is 10.9 Å². The predicted molar refractivity (Wildman–Crippen MR) is 65.5 cm³/mol. The first-order valence-corrected chi connectivity index (χ1v) is 6.15. The molecule has 2 rings (SSSR count). The number of carbonyl (C=O) groups is 1. The van der Waals surface area contributed by atoms with Crippen molar-refractivity contribution in [3.63, 3.8) is 0 Å². The Bertz CT molecular complexity index is 369. The first kappa shape index (κ1) is 11.6. The molecule has 3 nitrogen and oxygen atoms in total. The molecule has 16 heavy (non-hydrogen) atoms. The van der Waals surface area contributed by atoms with Gasteiger partial charge in [0, 0.05) is 13.1 Å². The third-order valence-electron chi connectivity index (χ3n) is 2.74. The molecule has 3 atom stereocenters. The van der Waals surface area contributed by atoms with Gasteiger partial charge in [0.2, 0.25) is 0 Å². The maximum atomic E-state index is 11.2. The van der Waals surface area contributed by atoms with Crippen molar-refractivity contribution in [2.24, 2.45) is 0 Å². The largest absolute Gasteiger partial charge is 0.468 e. The molecule has 4 heteroatoms. The Balaban J connectivity index is 1.86. The van der Waals surface area contributed by atoms with Crippen molar-refractivity contribution in [3.8, 4) is 0 Å². The lowest BCUT2D eigenvalue weighted by Crippen LogP contribution is -2.17. The second-order valence-corrected chi connectivity index (χ2v) is 4.98. The molecule has 0 spiro atoms. The van der Waals surface area contributed by atoms with E-state index in [1.807, 2.05) is 18.2 Å². The van der Waals surface area contributed by atoms with Crippen LogP contribution in [0.4, 0.5) is 0 Å². The molecule has 0 aliphatic carbocycles. The fourth-order valence-electron chi connectivity index (χ4n) is 1.71. The van der Waals surface area contributed by atoms with Gasteiger partial charge in [-0.15, -0.1) is 0 Å². The van der Waals surface area contributed by atoms with E-state index < -0.39 is 0 Å². The SMILES string of the molecule is COC(=O)C1CN1CC(Br)c1ccccc1. The van der Waals surface area contributed by atoms with E-state index in [-0.39, 0.29) is 16.8 Å². The maximum absolute atomic E-state index is 11.2. The van der Waals surface area contributed by atoms with Gasteiger partial charge in [-0.25, -0.2) is 0 Å². The van der Waals surface area contributed by atoms with Gasteiger partial charge in [0.25, 0.3) is 0 Å². The molecule has 0 amide bonds. The fraction of sp³-hybridized carbons (Fsp3) is 0.417. The summed E-state index contributed by atoms with van der Waals surface area (Å²) in [6.07, 6.45) is 0. The number of carbonyl (C=O) groups excluding carboxylic acids is 1. The number of ether oxygens (including phenoxy) is 1. The monoisotopic (exact) mass is 283 g/mol. The Hall–Kier alpha value is -0.870. The molecule has 1 aromatic carbocycles. The molecule has 1 saturated heterocycles. The Kier molecular flexibility index (Phi) is 3.61. The van der Waals surface area contributed by atoms with E-state index in [9.17, 15) is 4.79 Å². The summed E-state index contributed by atoms with van der Waals surface area (Å²) in [4.78, 5) is 13.6. The molecule has 0 saturated carbocycles. The van der Waals surface area contributed by atoms with E-state index in [0.29, 0.717) is 0 Å². The van der Waals surface area contributed by atoms with Crippen LogP contribution in [-0.4, -0.2) is 37.1 Å². The summed E-state index contributed by atoms with van der Waals surface area (Å²) in [5, 5.41) is 0. The van der Waals surface area contributed by atoms with Crippen LogP contribution in [0.1, 0.15) is 10.4 Å². The van der Waals surface area contributed by atoms with Crippen molar-refractivity contribution in [3.05, 3.63) is 35.9 Å². The second kappa shape index (κ2) is 4.97. The number of rotatable bonds is 4. The van der Waals surface area contributed by atoms with Crippen LogP contribution in [0.15, 0.2) is 30.3 Å². The minimum absolute atomic E-state index is 0.0336. The van der Waals surface area contributed by atoms with E-state index in [4.69, 9.17) is 4.74 Å². The lowest BCUT2D eigenvalue weighted by atomic mass is 10.1. The zero-order valence-electron chi connectivity index (χ0n) is 9.10. The normalized spacial score (nSPS) is 24.9. The molecule has 3 unspecified atom stereocenters. The van der Waals surface area contributed by atoms with Crippen LogP contribution in [0.2, 0.25) is 0 Å². The van der Waals surface area contributed by atoms with E-state index in [1.165, 1.54) is 12.7 Å². The summed E-state index contributed by atoms with van der Waals surface area (Å²) >= 11 is 3.63. The quantitative estimate of drug-likeness (QED) is 0.481. The topological polar surface area (TPSA) is 29.3 Å². The number of nitrogens with zero attached hydrogens (tertiary/aromatic N) is 1. The molecule has 0 N–H and O–H groups in total. The van der Waals surface area contributed by atoms with Gasteiger partial charge in [0.1, 0.15) is 6.04 Å². The third-order valence-corrected chi connectivity index (χ3v) is 3.56. The summed E-state index contributed by atoms with van der Waals surface area (Å²) in [7, 11) is 1.43.